The van der Waals surface area contributed by atoms with Gasteiger partial charge in [-0.1, -0.05) is 18.2 Å². The van der Waals surface area contributed by atoms with Crippen molar-refractivity contribution in [2.45, 2.75) is 18.5 Å². The first-order valence-electron chi connectivity index (χ1n) is 10.7. The molecular formula is C27H17F5N2O. The smallest absolute Gasteiger partial charge is 0.279 e. The number of hydrogen-bond acceptors (Lipinski definition) is 2. The van der Waals surface area contributed by atoms with Crippen LogP contribution < -0.4 is 4.90 Å². The van der Waals surface area contributed by atoms with Crippen LogP contribution in [0.2, 0.25) is 0 Å². The first-order valence-corrected chi connectivity index (χ1v) is 10.7. The SMILES string of the molecule is O=C1C(Cc2cc(F)cc(F)c2)c2cc(-c3cccc(C(F)(F)F)c3)ccc2N1c1cccnc1. The largest absolute Gasteiger partial charge is 0.416 e. The Balaban J connectivity index is 1.62. The number of anilines is 2. The van der Waals surface area contributed by atoms with Gasteiger partial charge in [0.15, 0.2) is 0 Å². The van der Waals surface area contributed by atoms with Crippen LogP contribution in [0.15, 0.2) is 85.2 Å². The van der Waals surface area contributed by atoms with E-state index < -0.39 is 29.3 Å². The van der Waals surface area contributed by atoms with Gasteiger partial charge in [0.2, 0.25) is 5.91 Å². The highest BCUT2D eigenvalue weighted by Crippen LogP contribution is 2.45. The van der Waals surface area contributed by atoms with Gasteiger partial charge >= 0.3 is 6.18 Å². The van der Waals surface area contributed by atoms with Crippen molar-refractivity contribution in [2.24, 2.45) is 0 Å². The second kappa shape index (κ2) is 8.61. The number of nitrogens with zero attached hydrogens (tertiary/aromatic N) is 2. The van der Waals surface area contributed by atoms with E-state index in [1.165, 1.54) is 29.3 Å². The maximum absolute atomic E-state index is 13.8. The fourth-order valence-electron chi connectivity index (χ4n) is 4.41. The molecule has 5 rings (SSSR count). The number of benzene rings is 3. The van der Waals surface area contributed by atoms with Crippen LogP contribution in [0.25, 0.3) is 11.1 Å². The molecule has 0 spiro atoms. The lowest BCUT2D eigenvalue weighted by molar-refractivity contribution is -0.137. The van der Waals surface area contributed by atoms with Crippen LogP contribution in [-0.4, -0.2) is 10.9 Å². The summed E-state index contributed by atoms with van der Waals surface area (Å²) in [6.45, 7) is 0. The molecular weight excluding hydrogens is 463 g/mol. The molecule has 1 aliphatic rings. The predicted octanol–water partition coefficient (Wildman–Crippen LogP) is 7.05. The number of amides is 1. The minimum Gasteiger partial charge on any atom is -0.279 e. The van der Waals surface area contributed by atoms with Crippen LogP contribution in [0.1, 0.15) is 22.6 Å². The molecule has 0 N–H and O–H groups in total. The summed E-state index contributed by atoms with van der Waals surface area (Å²) in [6, 6.07) is 16.4. The number of rotatable bonds is 4. The van der Waals surface area contributed by atoms with Crippen molar-refractivity contribution in [2.75, 3.05) is 4.90 Å². The van der Waals surface area contributed by atoms with Gasteiger partial charge in [-0.05, 0) is 77.2 Å². The number of fused-ring (bicyclic) bond motifs is 1. The van der Waals surface area contributed by atoms with Crippen molar-refractivity contribution < 1.29 is 26.7 Å². The predicted molar refractivity (Wildman–Crippen MR) is 121 cm³/mol. The first kappa shape index (κ1) is 22.7. The third-order valence-corrected chi connectivity index (χ3v) is 5.95. The molecule has 0 saturated carbocycles. The molecule has 1 unspecified atom stereocenters. The van der Waals surface area contributed by atoms with Crippen molar-refractivity contribution in [1.29, 1.82) is 0 Å². The van der Waals surface area contributed by atoms with E-state index in [-0.39, 0.29) is 12.3 Å². The maximum atomic E-state index is 13.8. The van der Waals surface area contributed by atoms with Gasteiger partial charge in [-0.3, -0.25) is 14.7 Å². The summed E-state index contributed by atoms with van der Waals surface area (Å²) in [6.07, 6.45) is -1.39. The maximum Gasteiger partial charge on any atom is 0.416 e. The minimum atomic E-state index is -4.50. The molecule has 8 heteroatoms. The number of hydrogen-bond donors (Lipinski definition) is 0. The molecule has 0 bridgehead atoms. The average Bonchev–Trinajstić information content (AvgIpc) is 3.09. The molecule has 3 nitrogen and oxygen atoms in total. The molecule has 0 aliphatic carbocycles. The van der Waals surface area contributed by atoms with E-state index in [0.29, 0.717) is 33.6 Å². The van der Waals surface area contributed by atoms with E-state index in [0.717, 1.165) is 18.2 Å². The fourth-order valence-corrected chi connectivity index (χ4v) is 4.41. The molecule has 1 aromatic heterocycles. The third kappa shape index (κ3) is 4.39. The van der Waals surface area contributed by atoms with Crippen LogP contribution in [0, 0.1) is 11.6 Å². The zero-order valence-corrected chi connectivity index (χ0v) is 18.1. The Hall–Kier alpha value is -4.07. The molecule has 176 valence electrons. The second-order valence-electron chi connectivity index (χ2n) is 8.27. The van der Waals surface area contributed by atoms with Gasteiger partial charge < -0.3 is 0 Å². The highest BCUT2D eigenvalue weighted by molar-refractivity contribution is 6.10. The van der Waals surface area contributed by atoms with E-state index in [2.05, 4.69) is 4.98 Å². The van der Waals surface area contributed by atoms with Crippen LogP contribution >= 0.6 is 0 Å². The number of carbonyl (C=O) groups excluding carboxylic acids is 1. The molecule has 4 aromatic rings. The van der Waals surface area contributed by atoms with E-state index >= 15 is 0 Å². The molecule has 35 heavy (non-hydrogen) atoms. The third-order valence-electron chi connectivity index (χ3n) is 5.95. The topological polar surface area (TPSA) is 33.2 Å². The van der Waals surface area contributed by atoms with E-state index in [1.54, 1.807) is 42.6 Å². The molecule has 1 aliphatic heterocycles. The van der Waals surface area contributed by atoms with Crippen molar-refractivity contribution >= 4 is 17.3 Å². The summed E-state index contributed by atoms with van der Waals surface area (Å²) in [5, 5.41) is 0. The Morgan fingerprint density at radius 3 is 2.29 bits per heavy atom. The Bertz CT molecular complexity index is 1400. The normalized spacial score (nSPS) is 15.4. The van der Waals surface area contributed by atoms with Gasteiger partial charge in [-0.15, -0.1) is 0 Å². The second-order valence-corrected chi connectivity index (χ2v) is 8.27. The van der Waals surface area contributed by atoms with Crippen molar-refractivity contribution in [1.82, 2.24) is 4.98 Å². The zero-order chi connectivity index (χ0) is 24.7. The summed E-state index contributed by atoms with van der Waals surface area (Å²) in [5.41, 5.74) is 1.95. The molecule has 1 amide bonds. The lowest BCUT2D eigenvalue weighted by Crippen LogP contribution is -2.25. The summed E-state index contributed by atoms with van der Waals surface area (Å²) in [7, 11) is 0. The van der Waals surface area contributed by atoms with Crippen molar-refractivity contribution in [3.05, 3.63) is 114 Å². The van der Waals surface area contributed by atoms with Gasteiger partial charge in [-0.2, -0.15) is 13.2 Å². The Kier molecular flexibility index (Phi) is 5.59. The summed E-state index contributed by atoms with van der Waals surface area (Å²) in [5.74, 6) is -2.63. The Labute approximate surface area is 197 Å². The molecule has 1 atom stereocenters. The summed E-state index contributed by atoms with van der Waals surface area (Å²) in [4.78, 5) is 19.1. The van der Waals surface area contributed by atoms with Crippen LogP contribution in [0.4, 0.5) is 33.3 Å². The zero-order valence-electron chi connectivity index (χ0n) is 18.1. The number of halogens is 5. The number of aromatic nitrogens is 1. The highest BCUT2D eigenvalue weighted by atomic mass is 19.4. The van der Waals surface area contributed by atoms with Crippen LogP contribution in [0.5, 0.6) is 0 Å². The molecule has 3 aromatic carbocycles. The summed E-state index contributed by atoms with van der Waals surface area (Å²) >= 11 is 0. The van der Waals surface area contributed by atoms with E-state index in [4.69, 9.17) is 0 Å². The number of alkyl halides is 3. The standard InChI is InChI=1S/C27H17F5N2O/c28-20-9-16(10-21(29)14-20)11-24-23-13-18(17-3-1-4-19(12-17)27(30,31)32)6-7-25(23)34(26(24)35)22-5-2-8-33-15-22/h1-10,12-15,24H,11H2. The Morgan fingerprint density at radius 1 is 0.857 bits per heavy atom. The monoisotopic (exact) mass is 480 g/mol. The molecule has 2 heterocycles. The average molecular weight is 480 g/mol. The quantitative estimate of drug-likeness (QED) is 0.293. The van der Waals surface area contributed by atoms with Gasteiger partial charge in [0.25, 0.3) is 0 Å². The lowest BCUT2D eigenvalue weighted by atomic mass is 9.90. The van der Waals surface area contributed by atoms with Gasteiger partial charge in [0.05, 0.1) is 29.1 Å². The van der Waals surface area contributed by atoms with Gasteiger partial charge in [0, 0.05) is 12.3 Å². The fraction of sp³-hybridized carbons (Fsp3) is 0.111. The van der Waals surface area contributed by atoms with Gasteiger partial charge in [-0.25, -0.2) is 8.78 Å². The van der Waals surface area contributed by atoms with Crippen LogP contribution in [-0.2, 0) is 17.4 Å². The molecule has 0 saturated heterocycles. The molecule has 0 fully saturated rings. The number of pyridine rings is 1. The molecule has 0 radical (unpaired) electrons. The van der Waals surface area contributed by atoms with Crippen LogP contribution in [0.3, 0.4) is 0 Å². The van der Waals surface area contributed by atoms with E-state index in [1.807, 2.05) is 0 Å². The van der Waals surface area contributed by atoms with Crippen molar-refractivity contribution in [3.8, 4) is 11.1 Å². The van der Waals surface area contributed by atoms with Gasteiger partial charge in [0.1, 0.15) is 11.6 Å². The van der Waals surface area contributed by atoms with E-state index in [9.17, 15) is 26.7 Å². The number of carbonyl (C=O) groups is 1. The van der Waals surface area contributed by atoms with Crippen molar-refractivity contribution in [3.63, 3.8) is 0 Å². The highest BCUT2D eigenvalue weighted by Gasteiger charge is 2.39. The Morgan fingerprint density at radius 2 is 1.60 bits per heavy atom. The summed E-state index contributed by atoms with van der Waals surface area (Å²) < 4.78 is 67.4. The lowest BCUT2D eigenvalue weighted by Gasteiger charge is -2.18. The first-order chi connectivity index (χ1) is 16.7. The minimum absolute atomic E-state index is 0.0172.